The van der Waals surface area contributed by atoms with Crippen LogP contribution in [0.3, 0.4) is 0 Å². The van der Waals surface area contributed by atoms with Gasteiger partial charge in [0, 0.05) is 17.1 Å². The number of carbonyl (C=O) groups excluding carboxylic acids is 2. The molecule has 1 unspecified atom stereocenters. The van der Waals surface area contributed by atoms with Gasteiger partial charge in [0.25, 0.3) is 5.91 Å². The molecule has 0 aliphatic carbocycles. The summed E-state index contributed by atoms with van der Waals surface area (Å²) in [5, 5.41) is 22.1. The Kier molecular flexibility index (Phi) is 10.7. The van der Waals surface area contributed by atoms with E-state index in [1.165, 1.54) is 41.3 Å². The third-order valence-electron chi connectivity index (χ3n) is 6.01. The standard InChI is InChI=1S/C30H33ClN2O8S/c1-30(2,3)41-29(38)33(19-26(34)22-5-4-6-23(31)17-22)16-15-20-7-11-24(12-8-20)42(39,40)25-13-9-21(10-14-25)28(37)32-18-27(35)36/h4-14,17,26,34H,15-16,18-19H2,1-3H3,(H,32,37)(H,35,36). The van der Waals surface area contributed by atoms with Crippen molar-refractivity contribution in [3.05, 3.63) is 94.5 Å². The Morgan fingerprint density at radius 2 is 1.57 bits per heavy atom. The number of ether oxygens (including phenoxy) is 1. The van der Waals surface area contributed by atoms with Gasteiger partial charge in [0.2, 0.25) is 9.84 Å². The molecule has 3 rings (SSSR count). The van der Waals surface area contributed by atoms with E-state index in [4.69, 9.17) is 21.4 Å². The van der Waals surface area contributed by atoms with Crippen LogP contribution >= 0.6 is 11.6 Å². The first-order valence-corrected chi connectivity index (χ1v) is 14.9. The molecular weight excluding hydrogens is 584 g/mol. The van der Waals surface area contributed by atoms with Crippen molar-refractivity contribution in [1.29, 1.82) is 0 Å². The molecule has 224 valence electrons. The molecule has 10 nitrogen and oxygen atoms in total. The van der Waals surface area contributed by atoms with Crippen LogP contribution in [0.25, 0.3) is 0 Å². The first-order chi connectivity index (χ1) is 19.7. The summed E-state index contributed by atoms with van der Waals surface area (Å²) in [5.41, 5.74) is 0.692. The normalized spacial score (nSPS) is 12.3. The highest BCUT2D eigenvalue weighted by Gasteiger charge is 2.25. The van der Waals surface area contributed by atoms with E-state index < -0.39 is 46.1 Å². The van der Waals surface area contributed by atoms with Crippen molar-refractivity contribution in [3.63, 3.8) is 0 Å². The summed E-state index contributed by atoms with van der Waals surface area (Å²) >= 11 is 6.05. The van der Waals surface area contributed by atoms with Crippen molar-refractivity contribution < 1.29 is 37.8 Å². The summed E-state index contributed by atoms with van der Waals surface area (Å²) in [5.74, 6) is -1.83. The number of carboxylic acid groups (broad SMARTS) is 1. The first-order valence-electron chi connectivity index (χ1n) is 13.0. The zero-order chi connectivity index (χ0) is 31.1. The van der Waals surface area contributed by atoms with E-state index in [2.05, 4.69) is 5.32 Å². The van der Waals surface area contributed by atoms with Gasteiger partial charge in [-0.2, -0.15) is 0 Å². The van der Waals surface area contributed by atoms with E-state index in [0.29, 0.717) is 17.0 Å². The number of amides is 2. The molecule has 0 saturated heterocycles. The summed E-state index contributed by atoms with van der Waals surface area (Å²) in [6, 6.07) is 18.1. The fourth-order valence-corrected chi connectivity index (χ4v) is 5.35. The number of carbonyl (C=O) groups is 3. The maximum Gasteiger partial charge on any atom is 0.410 e. The van der Waals surface area contributed by atoms with Gasteiger partial charge in [-0.25, -0.2) is 13.2 Å². The van der Waals surface area contributed by atoms with Gasteiger partial charge in [0.05, 0.1) is 22.4 Å². The van der Waals surface area contributed by atoms with Gasteiger partial charge in [-0.05, 0) is 86.8 Å². The molecule has 3 aromatic rings. The van der Waals surface area contributed by atoms with E-state index in [1.54, 1.807) is 57.2 Å². The Hall–Kier alpha value is -3.93. The predicted molar refractivity (Wildman–Crippen MR) is 156 cm³/mol. The van der Waals surface area contributed by atoms with Gasteiger partial charge in [0.1, 0.15) is 12.1 Å². The molecule has 3 aromatic carbocycles. The van der Waals surface area contributed by atoms with E-state index in [1.807, 2.05) is 0 Å². The second-order valence-corrected chi connectivity index (χ2v) is 12.9. The minimum absolute atomic E-state index is 0.0314. The summed E-state index contributed by atoms with van der Waals surface area (Å²) in [6.07, 6.45) is -1.23. The summed E-state index contributed by atoms with van der Waals surface area (Å²) < 4.78 is 31.8. The lowest BCUT2D eigenvalue weighted by Crippen LogP contribution is -2.40. The quantitative estimate of drug-likeness (QED) is 0.285. The average molecular weight is 617 g/mol. The average Bonchev–Trinajstić information content (AvgIpc) is 2.93. The zero-order valence-corrected chi connectivity index (χ0v) is 25.0. The Morgan fingerprint density at radius 1 is 0.976 bits per heavy atom. The van der Waals surface area contributed by atoms with Gasteiger partial charge in [-0.1, -0.05) is 35.9 Å². The molecule has 2 amide bonds. The van der Waals surface area contributed by atoms with Gasteiger partial charge >= 0.3 is 12.1 Å². The van der Waals surface area contributed by atoms with Gasteiger partial charge < -0.3 is 25.2 Å². The van der Waals surface area contributed by atoms with E-state index in [0.717, 1.165) is 5.56 Å². The van der Waals surface area contributed by atoms with Crippen LogP contribution in [0.2, 0.25) is 5.02 Å². The van der Waals surface area contributed by atoms with Gasteiger partial charge in [-0.15, -0.1) is 0 Å². The SMILES string of the molecule is CC(C)(C)OC(=O)N(CCc1ccc(S(=O)(=O)c2ccc(C(=O)NCC(=O)O)cc2)cc1)CC(O)c1cccc(Cl)c1. The third kappa shape index (κ3) is 9.30. The van der Waals surface area contributed by atoms with Crippen molar-refractivity contribution >= 4 is 39.4 Å². The number of benzene rings is 3. The molecule has 42 heavy (non-hydrogen) atoms. The zero-order valence-electron chi connectivity index (χ0n) is 23.4. The van der Waals surface area contributed by atoms with E-state index in [-0.39, 0.29) is 28.4 Å². The summed E-state index contributed by atoms with van der Waals surface area (Å²) in [6.45, 7) is 4.85. The lowest BCUT2D eigenvalue weighted by molar-refractivity contribution is -0.135. The van der Waals surface area contributed by atoms with Gasteiger partial charge in [0.15, 0.2) is 0 Å². The maximum absolute atomic E-state index is 13.1. The van der Waals surface area contributed by atoms with Crippen molar-refractivity contribution in [2.45, 2.75) is 48.7 Å². The van der Waals surface area contributed by atoms with Gasteiger partial charge in [-0.3, -0.25) is 9.59 Å². The van der Waals surface area contributed by atoms with Crippen LogP contribution in [0.4, 0.5) is 4.79 Å². The number of aliphatic hydroxyl groups excluding tert-OH is 1. The van der Waals surface area contributed by atoms with Crippen LogP contribution in [0.5, 0.6) is 0 Å². The Morgan fingerprint density at radius 3 is 2.12 bits per heavy atom. The number of aliphatic hydroxyl groups is 1. The molecule has 0 heterocycles. The fraction of sp³-hybridized carbons (Fsp3) is 0.300. The smallest absolute Gasteiger partial charge is 0.410 e. The van der Waals surface area contributed by atoms with Crippen LogP contribution < -0.4 is 5.32 Å². The number of sulfone groups is 1. The van der Waals surface area contributed by atoms with Crippen LogP contribution in [0, 0.1) is 0 Å². The number of nitrogens with zero attached hydrogens (tertiary/aromatic N) is 1. The molecule has 0 aromatic heterocycles. The Bertz CT molecular complexity index is 1520. The molecule has 0 radical (unpaired) electrons. The fourth-order valence-electron chi connectivity index (χ4n) is 3.89. The summed E-state index contributed by atoms with van der Waals surface area (Å²) in [4.78, 5) is 37.0. The highest BCUT2D eigenvalue weighted by molar-refractivity contribution is 7.91. The van der Waals surface area contributed by atoms with Crippen molar-refractivity contribution in [3.8, 4) is 0 Å². The highest BCUT2D eigenvalue weighted by atomic mass is 35.5. The van der Waals surface area contributed by atoms with Crippen LogP contribution in [0.1, 0.15) is 48.4 Å². The molecule has 12 heteroatoms. The summed E-state index contributed by atoms with van der Waals surface area (Å²) in [7, 11) is -3.89. The molecule has 0 fully saturated rings. The number of carboxylic acids is 1. The number of hydrogen-bond acceptors (Lipinski definition) is 7. The molecular formula is C30H33ClN2O8S. The minimum Gasteiger partial charge on any atom is -0.480 e. The largest absolute Gasteiger partial charge is 0.480 e. The lowest BCUT2D eigenvalue weighted by Gasteiger charge is -2.29. The highest BCUT2D eigenvalue weighted by Crippen LogP contribution is 2.23. The Balaban J connectivity index is 1.71. The number of halogens is 1. The number of aliphatic carboxylic acids is 1. The molecule has 1 atom stereocenters. The molecule has 3 N–H and O–H groups in total. The minimum atomic E-state index is -3.89. The van der Waals surface area contributed by atoms with Crippen LogP contribution in [-0.4, -0.2) is 66.7 Å². The predicted octanol–water partition coefficient (Wildman–Crippen LogP) is 4.50. The van der Waals surface area contributed by atoms with Crippen molar-refractivity contribution in [2.24, 2.45) is 0 Å². The van der Waals surface area contributed by atoms with E-state index in [9.17, 15) is 27.9 Å². The molecule has 0 spiro atoms. The second kappa shape index (κ2) is 13.8. The van der Waals surface area contributed by atoms with Crippen molar-refractivity contribution in [2.75, 3.05) is 19.6 Å². The third-order valence-corrected chi connectivity index (χ3v) is 8.03. The first kappa shape index (κ1) is 32.6. The Labute approximate surface area is 249 Å². The monoisotopic (exact) mass is 616 g/mol. The van der Waals surface area contributed by atoms with E-state index >= 15 is 0 Å². The van der Waals surface area contributed by atoms with Crippen LogP contribution in [0.15, 0.2) is 82.6 Å². The topological polar surface area (TPSA) is 150 Å². The molecule has 0 bridgehead atoms. The number of nitrogens with one attached hydrogen (secondary N) is 1. The molecule has 0 aliphatic heterocycles. The van der Waals surface area contributed by atoms with Crippen LogP contribution in [-0.2, 0) is 25.8 Å². The molecule has 0 saturated carbocycles. The second-order valence-electron chi connectivity index (χ2n) is 10.5. The number of hydrogen-bond donors (Lipinski definition) is 3. The molecule has 0 aliphatic rings. The maximum atomic E-state index is 13.1. The van der Waals surface area contributed by atoms with Crippen molar-refractivity contribution in [1.82, 2.24) is 10.2 Å². The number of rotatable bonds is 11. The lowest BCUT2D eigenvalue weighted by atomic mass is 10.1.